The summed E-state index contributed by atoms with van der Waals surface area (Å²) >= 11 is 0. The number of aromatic carboxylic acids is 1. The maximum absolute atomic E-state index is 10.8. The van der Waals surface area contributed by atoms with E-state index in [0.29, 0.717) is 11.3 Å². The molecule has 0 spiro atoms. The number of aryl methyl sites for hydroxylation is 1. The lowest BCUT2D eigenvalue weighted by molar-refractivity contribution is 0.0688. The first-order valence-corrected chi connectivity index (χ1v) is 3.59. The van der Waals surface area contributed by atoms with Crippen LogP contribution in [0.25, 0.3) is 5.65 Å². The normalized spacial score (nSPS) is 10.5. The standard InChI is InChI=1S/C7H6N4O2/c1-4-6(7(12)13)11-3-9-8-2-5(11)10-4/h2-3H,1H3,(H,12,13). The number of hydrogen-bond acceptors (Lipinski definition) is 4. The molecule has 0 amide bonds. The first kappa shape index (κ1) is 7.66. The van der Waals surface area contributed by atoms with E-state index in [1.807, 2.05) is 0 Å². The second-order valence-corrected chi connectivity index (χ2v) is 2.55. The summed E-state index contributed by atoms with van der Waals surface area (Å²) in [5.41, 5.74) is 1.08. The molecule has 0 fully saturated rings. The van der Waals surface area contributed by atoms with Gasteiger partial charge >= 0.3 is 5.97 Å². The Hall–Kier alpha value is -1.98. The molecule has 6 heteroatoms. The highest BCUT2D eigenvalue weighted by Crippen LogP contribution is 2.09. The van der Waals surface area contributed by atoms with Gasteiger partial charge in [-0.3, -0.25) is 4.40 Å². The molecule has 2 heterocycles. The van der Waals surface area contributed by atoms with Gasteiger partial charge in [-0.15, -0.1) is 5.10 Å². The zero-order chi connectivity index (χ0) is 9.42. The Bertz CT molecular complexity index is 476. The number of carbonyl (C=O) groups is 1. The molecule has 2 rings (SSSR count). The minimum Gasteiger partial charge on any atom is -0.477 e. The van der Waals surface area contributed by atoms with Crippen molar-refractivity contribution in [1.82, 2.24) is 19.6 Å². The van der Waals surface area contributed by atoms with Gasteiger partial charge in [0.15, 0.2) is 11.3 Å². The highest BCUT2D eigenvalue weighted by Gasteiger charge is 2.14. The molecule has 6 nitrogen and oxygen atoms in total. The van der Waals surface area contributed by atoms with Crippen molar-refractivity contribution < 1.29 is 9.90 Å². The molecule has 0 unspecified atom stereocenters. The van der Waals surface area contributed by atoms with Crippen LogP contribution in [0.4, 0.5) is 0 Å². The van der Waals surface area contributed by atoms with Crippen molar-refractivity contribution in [2.75, 3.05) is 0 Å². The molecule has 13 heavy (non-hydrogen) atoms. The molecule has 0 radical (unpaired) electrons. The van der Waals surface area contributed by atoms with Crippen molar-refractivity contribution in [3.05, 3.63) is 23.9 Å². The number of imidazole rings is 1. The van der Waals surface area contributed by atoms with Gasteiger partial charge in [0, 0.05) is 0 Å². The molecule has 0 aliphatic heterocycles. The van der Waals surface area contributed by atoms with Gasteiger partial charge in [-0.25, -0.2) is 9.78 Å². The first-order valence-electron chi connectivity index (χ1n) is 3.59. The number of nitrogens with zero attached hydrogens (tertiary/aromatic N) is 4. The zero-order valence-corrected chi connectivity index (χ0v) is 6.80. The SMILES string of the molecule is Cc1nc2cnncn2c1C(=O)O. The number of hydrogen-bond donors (Lipinski definition) is 1. The minimum atomic E-state index is -1.02. The second-order valence-electron chi connectivity index (χ2n) is 2.55. The highest BCUT2D eigenvalue weighted by molar-refractivity contribution is 5.88. The summed E-state index contributed by atoms with van der Waals surface area (Å²) in [5, 5.41) is 16.0. The maximum atomic E-state index is 10.8. The Morgan fingerprint density at radius 3 is 3.00 bits per heavy atom. The predicted octanol–water partition coefficient (Wildman–Crippen LogP) is 0.131. The average Bonchev–Trinajstić information content (AvgIpc) is 2.39. The lowest BCUT2D eigenvalue weighted by Gasteiger charge is -1.93. The lowest BCUT2D eigenvalue weighted by atomic mass is 10.3. The molecule has 0 saturated carbocycles. The van der Waals surface area contributed by atoms with Gasteiger partial charge in [0.25, 0.3) is 0 Å². The Morgan fingerprint density at radius 1 is 1.54 bits per heavy atom. The molecule has 1 N–H and O–H groups in total. The van der Waals surface area contributed by atoms with E-state index in [1.165, 1.54) is 16.9 Å². The van der Waals surface area contributed by atoms with Crippen LogP contribution >= 0.6 is 0 Å². The summed E-state index contributed by atoms with van der Waals surface area (Å²) in [7, 11) is 0. The fourth-order valence-electron chi connectivity index (χ4n) is 1.20. The lowest BCUT2D eigenvalue weighted by Crippen LogP contribution is -2.04. The van der Waals surface area contributed by atoms with E-state index in [1.54, 1.807) is 6.92 Å². The summed E-state index contributed by atoms with van der Waals surface area (Å²) in [6, 6.07) is 0. The van der Waals surface area contributed by atoms with Crippen LogP contribution in [-0.2, 0) is 0 Å². The van der Waals surface area contributed by atoms with Crippen LogP contribution in [0.1, 0.15) is 16.2 Å². The van der Waals surface area contributed by atoms with Gasteiger partial charge in [0.05, 0.1) is 11.9 Å². The van der Waals surface area contributed by atoms with Crippen LogP contribution in [-0.4, -0.2) is 30.7 Å². The van der Waals surface area contributed by atoms with Gasteiger partial charge < -0.3 is 5.11 Å². The number of aromatic nitrogens is 4. The Balaban J connectivity index is 2.86. The van der Waals surface area contributed by atoms with E-state index in [-0.39, 0.29) is 5.69 Å². The van der Waals surface area contributed by atoms with E-state index < -0.39 is 5.97 Å². The predicted molar refractivity (Wildman–Crippen MR) is 42.5 cm³/mol. The summed E-state index contributed by atoms with van der Waals surface area (Å²) < 4.78 is 1.39. The van der Waals surface area contributed by atoms with Crippen LogP contribution < -0.4 is 0 Å². The third kappa shape index (κ3) is 1.03. The molecule has 0 aliphatic rings. The molecule has 0 aromatic carbocycles. The van der Waals surface area contributed by atoms with E-state index in [9.17, 15) is 4.79 Å². The quantitative estimate of drug-likeness (QED) is 0.671. The van der Waals surface area contributed by atoms with Crippen LogP contribution in [0.15, 0.2) is 12.5 Å². The van der Waals surface area contributed by atoms with Gasteiger partial charge in [0.1, 0.15) is 6.33 Å². The maximum Gasteiger partial charge on any atom is 0.354 e. The van der Waals surface area contributed by atoms with Crippen molar-refractivity contribution in [1.29, 1.82) is 0 Å². The van der Waals surface area contributed by atoms with Crippen molar-refractivity contribution in [2.24, 2.45) is 0 Å². The third-order valence-corrected chi connectivity index (χ3v) is 1.72. The van der Waals surface area contributed by atoms with Crippen LogP contribution in [0.5, 0.6) is 0 Å². The average molecular weight is 178 g/mol. The highest BCUT2D eigenvalue weighted by atomic mass is 16.4. The Kier molecular flexibility index (Phi) is 1.48. The van der Waals surface area contributed by atoms with E-state index >= 15 is 0 Å². The van der Waals surface area contributed by atoms with Gasteiger partial charge in [0.2, 0.25) is 0 Å². The first-order chi connectivity index (χ1) is 6.20. The number of carboxylic acid groups (broad SMARTS) is 1. The van der Waals surface area contributed by atoms with E-state index in [4.69, 9.17) is 5.11 Å². The largest absolute Gasteiger partial charge is 0.477 e. The molecule has 0 saturated heterocycles. The van der Waals surface area contributed by atoms with Gasteiger partial charge in [-0.05, 0) is 6.92 Å². The zero-order valence-electron chi connectivity index (χ0n) is 6.80. The van der Waals surface area contributed by atoms with Crippen molar-refractivity contribution in [2.45, 2.75) is 6.92 Å². The van der Waals surface area contributed by atoms with E-state index in [2.05, 4.69) is 15.2 Å². The Morgan fingerprint density at radius 2 is 2.31 bits per heavy atom. The second kappa shape index (κ2) is 2.51. The minimum absolute atomic E-state index is 0.130. The molecule has 2 aromatic rings. The summed E-state index contributed by atoms with van der Waals surface area (Å²) in [4.78, 5) is 14.8. The molecular formula is C7H6N4O2. The fourth-order valence-corrected chi connectivity index (χ4v) is 1.20. The molecule has 0 aliphatic carbocycles. The fraction of sp³-hybridized carbons (Fsp3) is 0.143. The van der Waals surface area contributed by atoms with Gasteiger partial charge in [-0.2, -0.15) is 5.10 Å². The number of carboxylic acids is 1. The monoisotopic (exact) mass is 178 g/mol. The molecule has 0 atom stereocenters. The smallest absolute Gasteiger partial charge is 0.354 e. The summed E-state index contributed by atoms with van der Waals surface area (Å²) in [6.45, 7) is 1.64. The van der Waals surface area contributed by atoms with E-state index in [0.717, 1.165) is 0 Å². The van der Waals surface area contributed by atoms with Crippen molar-refractivity contribution in [3.63, 3.8) is 0 Å². The third-order valence-electron chi connectivity index (χ3n) is 1.72. The molecule has 66 valence electrons. The van der Waals surface area contributed by atoms with Crippen molar-refractivity contribution in [3.8, 4) is 0 Å². The van der Waals surface area contributed by atoms with Crippen molar-refractivity contribution >= 4 is 11.6 Å². The summed E-state index contributed by atoms with van der Waals surface area (Å²) in [6.07, 6.45) is 2.75. The van der Waals surface area contributed by atoms with Crippen LogP contribution in [0.2, 0.25) is 0 Å². The van der Waals surface area contributed by atoms with Crippen LogP contribution in [0.3, 0.4) is 0 Å². The number of rotatable bonds is 1. The summed E-state index contributed by atoms with van der Waals surface area (Å²) in [5.74, 6) is -1.02. The molecule has 0 bridgehead atoms. The topological polar surface area (TPSA) is 80.4 Å². The van der Waals surface area contributed by atoms with Crippen LogP contribution in [0, 0.1) is 6.92 Å². The molecular weight excluding hydrogens is 172 g/mol. The Labute approximate surface area is 72.9 Å². The molecule has 2 aromatic heterocycles. The number of fused-ring (bicyclic) bond motifs is 1. The van der Waals surface area contributed by atoms with Gasteiger partial charge in [-0.1, -0.05) is 0 Å².